The molecule has 1 aliphatic rings. The van der Waals surface area contributed by atoms with Gasteiger partial charge in [-0.1, -0.05) is 25.1 Å². The first-order valence-corrected chi connectivity index (χ1v) is 10.2. The van der Waals surface area contributed by atoms with Crippen molar-refractivity contribution >= 4 is 33.1 Å². The SMILES string of the molecule is CCc1ccccc1N(C)C(=O)c1sc2nc3n(c(=O)c2c1C)CCCC3. The number of thiophene rings is 1. The van der Waals surface area contributed by atoms with Gasteiger partial charge in [-0.3, -0.25) is 14.2 Å². The second-order valence-electron chi connectivity index (χ2n) is 7.02. The largest absolute Gasteiger partial charge is 0.310 e. The highest BCUT2D eigenvalue weighted by molar-refractivity contribution is 7.20. The Morgan fingerprint density at radius 2 is 2.07 bits per heavy atom. The van der Waals surface area contributed by atoms with Gasteiger partial charge in [0.1, 0.15) is 10.7 Å². The Balaban J connectivity index is 1.82. The van der Waals surface area contributed by atoms with Gasteiger partial charge in [0.25, 0.3) is 11.5 Å². The third kappa shape index (κ3) is 2.88. The van der Waals surface area contributed by atoms with E-state index in [4.69, 9.17) is 4.98 Å². The van der Waals surface area contributed by atoms with E-state index >= 15 is 0 Å². The molecule has 27 heavy (non-hydrogen) atoms. The smallest absolute Gasteiger partial charge is 0.268 e. The highest BCUT2D eigenvalue weighted by atomic mass is 32.1. The van der Waals surface area contributed by atoms with Crippen LogP contribution in [0, 0.1) is 6.92 Å². The van der Waals surface area contributed by atoms with E-state index in [1.165, 1.54) is 11.3 Å². The van der Waals surface area contributed by atoms with Gasteiger partial charge >= 0.3 is 0 Å². The first-order valence-electron chi connectivity index (χ1n) is 9.41. The zero-order chi connectivity index (χ0) is 19.1. The maximum absolute atomic E-state index is 13.2. The van der Waals surface area contributed by atoms with Gasteiger partial charge in [0.15, 0.2) is 0 Å². The number of hydrogen-bond acceptors (Lipinski definition) is 4. The van der Waals surface area contributed by atoms with Crippen molar-refractivity contribution in [1.29, 1.82) is 0 Å². The molecule has 1 aliphatic heterocycles. The summed E-state index contributed by atoms with van der Waals surface area (Å²) in [7, 11) is 1.80. The van der Waals surface area contributed by atoms with Crippen molar-refractivity contribution in [3.63, 3.8) is 0 Å². The number of aromatic nitrogens is 2. The Morgan fingerprint density at radius 1 is 1.30 bits per heavy atom. The summed E-state index contributed by atoms with van der Waals surface area (Å²) in [6, 6.07) is 7.93. The van der Waals surface area contributed by atoms with E-state index in [1.54, 1.807) is 16.5 Å². The van der Waals surface area contributed by atoms with Gasteiger partial charge < -0.3 is 4.90 Å². The van der Waals surface area contributed by atoms with Crippen LogP contribution in [0.4, 0.5) is 5.69 Å². The fourth-order valence-corrected chi connectivity index (χ4v) is 5.00. The van der Waals surface area contributed by atoms with E-state index in [-0.39, 0.29) is 11.5 Å². The molecule has 0 unspecified atom stereocenters. The summed E-state index contributed by atoms with van der Waals surface area (Å²) in [5.41, 5.74) is 2.78. The molecule has 1 aromatic carbocycles. The number of carbonyl (C=O) groups is 1. The lowest BCUT2D eigenvalue weighted by molar-refractivity contribution is 0.0996. The molecule has 3 aromatic rings. The van der Waals surface area contributed by atoms with E-state index in [0.717, 1.165) is 54.9 Å². The fourth-order valence-electron chi connectivity index (χ4n) is 3.84. The molecule has 5 nitrogen and oxygen atoms in total. The molecule has 2 aromatic heterocycles. The molecule has 6 heteroatoms. The standard InChI is InChI=1S/C21H23N3O2S/c1-4-14-9-5-6-10-15(14)23(3)21(26)18-13(2)17-19(27-18)22-16-11-7-8-12-24(16)20(17)25/h5-6,9-10H,4,7-8,11-12H2,1-3H3. The van der Waals surface area contributed by atoms with E-state index in [0.29, 0.717) is 15.1 Å². The normalized spacial score (nSPS) is 13.6. The van der Waals surface area contributed by atoms with Crippen LogP contribution in [0.2, 0.25) is 0 Å². The molecule has 4 rings (SSSR count). The van der Waals surface area contributed by atoms with Gasteiger partial charge in [-0.15, -0.1) is 11.3 Å². The van der Waals surface area contributed by atoms with Crippen molar-refractivity contribution in [3.05, 3.63) is 56.4 Å². The van der Waals surface area contributed by atoms with Crippen molar-refractivity contribution in [3.8, 4) is 0 Å². The molecule has 140 valence electrons. The zero-order valence-corrected chi connectivity index (χ0v) is 16.7. The molecule has 0 atom stereocenters. The zero-order valence-electron chi connectivity index (χ0n) is 15.9. The van der Waals surface area contributed by atoms with Crippen LogP contribution in [0.25, 0.3) is 10.2 Å². The summed E-state index contributed by atoms with van der Waals surface area (Å²) in [5.74, 6) is 0.766. The number of anilines is 1. The van der Waals surface area contributed by atoms with Crippen LogP contribution in [0.1, 0.15) is 46.4 Å². The van der Waals surface area contributed by atoms with Crippen molar-refractivity contribution in [2.75, 3.05) is 11.9 Å². The average molecular weight is 382 g/mol. The lowest BCUT2D eigenvalue weighted by Gasteiger charge is -2.20. The summed E-state index contributed by atoms with van der Waals surface area (Å²) in [6.07, 6.45) is 3.75. The predicted molar refractivity (Wildman–Crippen MR) is 110 cm³/mol. The molecule has 0 spiro atoms. The summed E-state index contributed by atoms with van der Waals surface area (Å²) in [6.45, 7) is 4.67. The summed E-state index contributed by atoms with van der Waals surface area (Å²) in [4.78, 5) is 33.9. The molecule has 0 aliphatic carbocycles. The molecule has 0 N–H and O–H groups in total. The van der Waals surface area contributed by atoms with E-state index < -0.39 is 0 Å². The monoisotopic (exact) mass is 381 g/mol. The van der Waals surface area contributed by atoms with Gasteiger partial charge in [0.05, 0.1) is 10.3 Å². The minimum atomic E-state index is -0.0845. The molecule has 0 saturated carbocycles. The second-order valence-corrected chi connectivity index (χ2v) is 8.02. The molecular weight excluding hydrogens is 358 g/mol. The van der Waals surface area contributed by atoms with Crippen LogP contribution >= 0.6 is 11.3 Å². The minimum absolute atomic E-state index is 0.000823. The number of fused-ring (bicyclic) bond motifs is 2. The van der Waals surface area contributed by atoms with Crippen molar-refractivity contribution < 1.29 is 4.79 Å². The maximum atomic E-state index is 13.2. The number of rotatable bonds is 3. The van der Waals surface area contributed by atoms with Gasteiger partial charge in [-0.2, -0.15) is 0 Å². The number of aryl methyl sites for hydroxylation is 3. The number of hydrogen-bond donors (Lipinski definition) is 0. The molecule has 0 bridgehead atoms. The van der Waals surface area contributed by atoms with E-state index in [1.807, 2.05) is 31.2 Å². The Labute approximate surface area is 162 Å². The highest BCUT2D eigenvalue weighted by Crippen LogP contribution is 2.31. The second kappa shape index (κ2) is 6.93. The van der Waals surface area contributed by atoms with Gasteiger partial charge in [-0.25, -0.2) is 4.98 Å². The lowest BCUT2D eigenvalue weighted by atomic mass is 10.1. The lowest BCUT2D eigenvalue weighted by Crippen LogP contribution is -2.28. The van der Waals surface area contributed by atoms with Crippen LogP contribution < -0.4 is 10.5 Å². The van der Waals surface area contributed by atoms with Crippen molar-refractivity contribution in [2.24, 2.45) is 0 Å². The van der Waals surface area contributed by atoms with Crippen molar-refractivity contribution in [2.45, 2.75) is 46.1 Å². The van der Waals surface area contributed by atoms with Crippen LogP contribution in [0.5, 0.6) is 0 Å². The third-order valence-corrected chi connectivity index (χ3v) is 6.57. The van der Waals surface area contributed by atoms with Crippen LogP contribution in [0.3, 0.4) is 0 Å². The molecule has 0 fully saturated rings. The van der Waals surface area contributed by atoms with Crippen LogP contribution in [-0.4, -0.2) is 22.5 Å². The number of amides is 1. The Morgan fingerprint density at radius 3 is 2.85 bits per heavy atom. The molecule has 1 amide bonds. The van der Waals surface area contributed by atoms with Crippen LogP contribution in [-0.2, 0) is 19.4 Å². The first kappa shape index (κ1) is 17.9. The molecular formula is C21H23N3O2S. The Hall–Kier alpha value is -2.47. The summed E-state index contributed by atoms with van der Waals surface area (Å²) in [5, 5.41) is 0.603. The quantitative estimate of drug-likeness (QED) is 0.690. The highest BCUT2D eigenvalue weighted by Gasteiger charge is 2.25. The minimum Gasteiger partial charge on any atom is -0.310 e. The average Bonchev–Trinajstić information content (AvgIpc) is 3.03. The number of carbonyl (C=O) groups excluding carboxylic acids is 1. The summed E-state index contributed by atoms with van der Waals surface area (Å²) < 4.78 is 1.79. The van der Waals surface area contributed by atoms with Gasteiger partial charge in [0, 0.05) is 25.7 Å². The Bertz CT molecular complexity index is 1100. The molecule has 3 heterocycles. The first-order chi connectivity index (χ1) is 13.0. The predicted octanol–water partition coefficient (Wildman–Crippen LogP) is 3.94. The third-order valence-electron chi connectivity index (χ3n) is 5.39. The fraction of sp³-hybridized carbons (Fsp3) is 0.381. The Kier molecular flexibility index (Phi) is 4.60. The number of benzene rings is 1. The van der Waals surface area contributed by atoms with Crippen molar-refractivity contribution in [1.82, 2.24) is 9.55 Å². The maximum Gasteiger partial charge on any atom is 0.268 e. The summed E-state index contributed by atoms with van der Waals surface area (Å²) >= 11 is 1.34. The molecule has 0 radical (unpaired) electrons. The topological polar surface area (TPSA) is 55.2 Å². The van der Waals surface area contributed by atoms with Gasteiger partial charge in [-0.05, 0) is 43.4 Å². The van der Waals surface area contributed by atoms with Crippen LogP contribution in [0.15, 0.2) is 29.1 Å². The number of nitrogens with zero attached hydrogens (tertiary/aromatic N) is 3. The van der Waals surface area contributed by atoms with E-state index in [2.05, 4.69) is 6.92 Å². The van der Waals surface area contributed by atoms with Gasteiger partial charge in [0.2, 0.25) is 0 Å². The number of para-hydroxylation sites is 1. The van der Waals surface area contributed by atoms with E-state index in [9.17, 15) is 9.59 Å². The molecule has 0 saturated heterocycles.